The number of hydrogen-bond donors (Lipinski definition) is 1. The van der Waals surface area contributed by atoms with Crippen molar-refractivity contribution in [3.63, 3.8) is 0 Å². The van der Waals surface area contributed by atoms with E-state index in [2.05, 4.69) is 5.32 Å². The van der Waals surface area contributed by atoms with Crippen molar-refractivity contribution in [1.82, 2.24) is 14.5 Å². The van der Waals surface area contributed by atoms with Crippen LogP contribution in [0.3, 0.4) is 0 Å². The Balaban J connectivity index is 1.41. The zero-order valence-electron chi connectivity index (χ0n) is 19.1. The predicted molar refractivity (Wildman–Crippen MR) is 141 cm³/mol. The molecule has 3 amide bonds. The van der Waals surface area contributed by atoms with Crippen LogP contribution in [0.4, 0.5) is 4.79 Å². The van der Waals surface area contributed by atoms with Gasteiger partial charge in [-0.3, -0.25) is 19.3 Å². The van der Waals surface area contributed by atoms with Crippen molar-refractivity contribution in [1.29, 1.82) is 0 Å². The number of nitrogens with zero attached hydrogens (tertiary/aromatic N) is 2. The number of nitrogens with one attached hydrogen (secondary N) is 1. The van der Waals surface area contributed by atoms with Crippen molar-refractivity contribution in [2.24, 2.45) is 0 Å². The molecule has 2 fully saturated rings. The molecule has 2 heterocycles. The third kappa shape index (κ3) is 5.78. The Labute approximate surface area is 223 Å². The van der Waals surface area contributed by atoms with Crippen molar-refractivity contribution < 1.29 is 22.8 Å². The van der Waals surface area contributed by atoms with Crippen LogP contribution >= 0.6 is 35.0 Å². The van der Waals surface area contributed by atoms with Gasteiger partial charge in [0.15, 0.2) is 0 Å². The minimum absolute atomic E-state index is 0.00232. The molecule has 12 heteroatoms. The van der Waals surface area contributed by atoms with E-state index in [-0.39, 0.29) is 33.5 Å². The van der Waals surface area contributed by atoms with Gasteiger partial charge in [0.05, 0.1) is 20.4 Å². The van der Waals surface area contributed by atoms with Crippen LogP contribution in [0.5, 0.6) is 0 Å². The maximum absolute atomic E-state index is 13.0. The van der Waals surface area contributed by atoms with E-state index in [4.69, 9.17) is 23.2 Å². The quantitative estimate of drug-likeness (QED) is 0.489. The lowest BCUT2D eigenvalue weighted by Gasteiger charge is -2.26. The van der Waals surface area contributed by atoms with Crippen LogP contribution in [0.1, 0.15) is 35.2 Å². The highest BCUT2D eigenvalue weighted by Gasteiger charge is 2.35. The second-order valence-corrected chi connectivity index (χ2v) is 12.0. The van der Waals surface area contributed by atoms with E-state index in [9.17, 15) is 22.8 Å². The summed E-state index contributed by atoms with van der Waals surface area (Å²) >= 11 is 13.1. The van der Waals surface area contributed by atoms with Gasteiger partial charge in [-0.15, -0.1) is 0 Å². The molecular formula is C24H23Cl2N3O5S2. The van der Waals surface area contributed by atoms with Crippen LogP contribution in [-0.2, 0) is 14.8 Å². The Kier molecular flexibility index (Phi) is 8.41. The Hall–Kier alpha value is -2.37. The van der Waals surface area contributed by atoms with Gasteiger partial charge in [0.1, 0.15) is 0 Å². The summed E-state index contributed by atoms with van der Waals surface area (Å²) < 4.78 is 27.4. The largest absolute Gasteiger partial charge is 0.350 e. The summed E-state index contributed by atoms with van der Waals surface area (Å²) in [5.41, 5.74) is 0.620. The van der Waals surface area contributed by atoms with Gasteiger partial charge in [0, 0.05) is 31.2 Å². The summed E-state index contributed by atoms with van der Waals surface area (Å²) in [5, 5.41) is 2.71. The average molecular weight is 569 g/mol. The number of imide groups is 1. The minimum atomic E-state index is -3.74. The standard InChI is InChI=1S/C24H23Cl2N3O5S2/c25-19-7-3-2-6-16(19)14-21-23(31)29(24(32)35-21)13-10-27-22(30)18-15-17(8-9-20(18)26)36(33,34)28-11-4-1-5-12-28/h2-3,6-9,14-15H,1,4-5,10-13H2,(H,27,30)/b21-14+. The van der Waals surface area contributed by atoms with E-state index >= 15 is 0 Å². The zero-order chi connectivity index (χ0) is 25.9. The van der Waals surface area contributed by atoms with Gasteiger partial charge in [-0.05, 0) is 60.5 Å². The molecule has 2 aromatic carbocycles. The molecule has 0 aliphatic carbocycles. The monoisotopic (exact) mass is 567 g/mol. The summed E-state index contributed by atoms with van der Waals surface area (Å²) in [7, 11) is -3.74. The Morgan fingerprint density at radius 3 is 2.47 bits per heavy atom. The van der Waals surface area contributed by atoms with Gasteiger partial charge in [0.25, 0.3) is 17.1 Å². The van der Waals surface area contributed by atoms with E-state index in [0.29, 0.717) is 23.7 Å². The van der Waals surface area contributed by atoms with Gasteiger partial charge in [-0.25, -0.2) is 8.42 Å². The van der Waals surface area contributed by atoms with Crippen LogP contribution in [-0.4, -0.2) is 60.9 Å². The Bertz CT molecular complexity index is 1340. The lowest BCUT2D eigenvalue weighted by molar-refractivity contribution is -0.122. The maximum Gasteiger partial charge on any atom is 0.293 e. The number of benzene rings is 2. The van der Waals surface area contributed by atoms with Gasteiger partial charge in [-0.2, -0.15) is 4.31 Å². The molecule has 0 atom stereocenters. The zero-order valence-corrected chi connectivity index (χ0v) is 22.2. The molecule has 36 heavy (non-hydrogen) atoms. The first-order valence-electron chi connectivity index (χ1n) is 11.3. The SMILES string of the molecule is O=C(NCCN1C(=O)S/C(=C/c2ccccc2Cl)C1=O)c1cc(S(=O)(=O)N2CCCCC2)ccc1Cl. The highest BCUT2D eigenvalue weighted by molar-refractivity contribution is 8.18. The van der Waals surface area contributed by atoms with Gasteiger partial charge < -0.3 is 5.32 Å². The maximum atomic E-state index is 13.0. The smallest absolute Gasteiger partial charge is 0.293 e. The number of sulfonamides is 1. The number of rotatable bonds is 7. The fourth-order valence-electron chi connectivity index (χ4n) is 3.90. The summed E-state index contributed by atoms with van der Waals surface area (Å²) in [6, 6.07) is 11.0. The first-order valence-corrected chi connectivity index (χ1v) is 14.3. The van der Waals surface area contributed by atoms with Crippen molar-refractivity contribution in [3.8, 4) is 0 Å². The third-order valence-electron chi connectivity index (χ3n) is 5.82. The van der Waals surface area contributed by atoms with Crippen LogP contribution in [0.2, 0.25) is 10.0 Å². The van der Waals surface area contributed by atoms with Crippen molar-refractivity contribution >= 4 is 68.1 Å². The lowest BCUT2D eigenvalue weighted by Crippen LogP contribution is -2.37. The highest BCUT2D eigenvalue weighted by Crippen LogP contribution is 2.33. The van der Waals surface area contributed by atoms with Crippen LogP contribution < -0.4 is 5.32 Å². The second-order valence-electron chi connectivity index (χ2n) is 8.22. The molecule has 0 aromatic heterocycles. The summed E-state index contributed by atoms with van der Waals surface area (Å²) in [6.45, 7) is 0.792. The molecule has 8 nitrogen and oxygen atoms in total. The lowest BCUT2D eigenvalue weighted by atomic mass is 10.2. The van der Waals surface area contributed by atoms with E-state index in [1.54, 1.807) is 30.3 Å². The fourth-order valence-corrected chi connectivity index (χ4v) is 6.69. The number of carbonyl (C=O) groups is 3. The second kappa shape index (κ2) is 11.4. The van der Waals surface area contributed by atoms with Crippen molar-refractivity contribution in [2.75, 3.05) is 26.2 Å². The number of amides is 3. The molecule has 2 aliphatic rings. The number of hydrogen-bond acceptors (Lipinski definition) is 6. The number of piperidine rings is 1. The highest BCUT2D eigenvalue weighted by atomic mass is 35.5. The molecule has 190 valence electrons. The normalized spacial score (nSPS) is 18.2. The van der Waals surface area contributed by atoms with E-state index < -0.39 is 27.1 Å². The molecular weight excluding hydrogens is 545 g/mol. The summed E-state index contributed by atoms with van der Waals surface area (Å²) in [5.74, 6) is -1.08. The van der Waals surface area contributed by atoms with Gasteiger partial charge in [0.2, 0.25) is 10.0 Å². The van der Waals surface area contributed by atoms with E-state index in [1.165, 1.54) is 22.5 Å². The molecule has 0 spiro atoms. The molecule has 2 aliphatic heterocycles. The molecule has 0 saturated carbocycles. The summed E-state index contributed by atoms with van der Waals surface area (Å²) in [6.07, 6.45) is 4.13. The van der Waals surface area contributed by atoms with Crippen LogP contribution in [0.25, 0.3) is 6.08 Å². The third-order valence-corrected chi connectivity index (χ3v) is 9.30. The predicted octanol–water partition coefficient (Wildman–Crippen LogP) is 4.63. The van der Waals surface area contributed by atoms with E-state index in [0.717, 1.165) is 35.9 Å². The van der Waals surface area contributed by atoms with E-state index in [1.807, 2.05) is 0 Å². The average Bonchev–Trinajstić information content (AvgIpc) is 3.13. The fraction of sp³-hybridized carbons (Fsp3) is 0.292. The first kappa shape index (κ1) is 26.7. The first-order chi connectivity index (χ1) is 17.2. The molecule has 0 bridgehead atoms. The molecule has 4 rings (SSSR count). The Morgan fingerprint density at radius 2 is 1.75 bits per heavy atom. The molecule has 0 unspecified atom stereocenters. The molecule has 2 saturated heterocycles. The minimum Gasteiger partial charge on any atom is -0.350 e. The number of halogens is 2. The number of thioether (sulfide) groups is 1. The van der Waals surface area contributed by atoms with Crippen molar-refractivity contribution in [3.05, 3.63) is 68.5 Å². The van der Waals surface area contributed by atoms with Gasteiger partial charge in [-0.1, -0.05) is 47.8 Å². The molecule has 0 radical (unpaired) electrons. The summed E-state index contributed by atoms with van der Waals surface area (Å²) in [4.78, 5) is 39.1. The van der Waals surface area contributed by atoms with Crippen LogP contribution in [0, 0.1) is 0 Å². The van der Waals surface area contributed by atoms with Crippen LogP contribution in [0.15, 0.2) is 52.3 Å². The Morgan fingerprint density at radius 1 is 1.03 bits per heavy atom. The molecule has 1 N–H and O–H groups in total. The molecule has 2 aromatic rings. The number of carbonyl (C=O) groups excluding carboxylic acids is 3. The topological polar surface area (TPSA) is 104 Å². The van der Waals surface area contributed by atoms with Crippen molar-refractivity contribution in [2.45, 2.75) is 24.2 Å². The van der Waals surface area contributed by atoms with Gasteiger partial charge >= 0.3 is 0 Å².